The lowest BCUT2D eigenvalue weighted by molar-refractivity contribution is -0.138. The molecule has 0 aliphatic carbocycles. The summed E-state index contributed by atoms with van der Waals surface area (Å²) in [4.78, 5) is 33.2. The summed E-state index contributed by atoms with van der Waals surface area (Å²) in [6.45, 7) is 7.08. The van der Waals surface area contributed by atoms with Crippen molar-refractivity contribution in [2.75, 3.05) is 13.1 Å². The van der Waals surface area contributed by atoms with Crippen LogP contribution in [0.4, 0.5) is 0 Å². The Balaban J connectivity index is 1.71. The zero-order valence-electron chi connectivity index (χ0n) is 16.3. The summed E-state index contributed by atoms with van der Waals surface area (Å²) < 4.78 is 7.50. The first kappa shape index (κ1) is 18.7. The second kappa shape index (κ2) is 7.39. The molecule has 6 nitrogen and oxygen atoms in total. The van der Waals surface area contributed by atoms with E-state index in [-0.39, 0.29) is 5.91 Å². The van der Waals surface area contributed by atoms with E-state index in [4.69, 9.17) is 4.74 Å². The largest absolute Gasteiger partial charge is 0.448 e. The van der Waals surface area contributed by atoms with Gasteiger partial charge in [0.05, 0.1) is 5.69 Å². The molecular weight excluding hydrogens is 374 g/mol. The fraction of sp³-hybridized carbons (Fsp3) is 0.381. The van der Waals surface area contributed by atoms with Gasteiger partial charge in [-0.05, 0) is 57.4 Å². The molecule has 3 aromatic heterocycles. The van der Waals surface area contributed by atoms with Gasteiger partial charge < -0.3 is 14.2 Å². The second-order valence-corrected chi connectivity index (χ2v) is 8.21. The van der Waals surface area contributed by atoms with Crippen LogP contribution in [0.3, 0.4) is 0 Å². The van der Waals surface area contributed by atoms with E-state index >= 15 is 0 Å². The number of aryl methyl sites for hydroxylation is 2. The highest BCUT2D eigenvalue weighted by Gasteiger charge is 2.29. The first-order valence-corrected chi connectivity index (χ1v) is 10.3. The van der Waals surface area contributed by atoms with Gasteiger partial charge in [-0.3, -0.25) is 4.79 Å². The average Bonchev–Trinajstić information content (AvgIpc) is 3.39. The van der Waals surface area contributed by atoms with Crippen LogP contribution in [-0.2, 0) is 9.53 Å². The van der Waals surface area contributed by atoms with Crippen molar-refractivity contribution in [2.45, 2.75) is 39.7 Å². The van der Waals surface area contributed by atoms with Crippen molar-refractivity contribution >= 4 is 33.4 Å². The summed E-state index contributed by atoms with van der Waals surface area (Å²) >= 11 is 1.31. The molecule has 1 unspecified atom stereocenters. The Labute approximate surface area is 167 Å². The molecule has 0 spiro atoms. The van der Waals surface area contributed by atoms with Crippen molar-refractivity contribution in [1.29, 1.82) is 0 Å². The van der Waals surface area contributed by atoms with Crippen molar-refractivity contribution in [3.05, 3.63) is 46.7 Å². The highest BCUT2D eigenvalue weighted by Crippen LogP contribution is 2.36. The third-order valence-corrected chi connectivity index (χ3v) is 6.11. The minimum absolute atomic E-state index is 0.125. The van der Waals surface area contributed by atoms with Gasteiger partial charge in [0.25, 0.3) is 5.91 Å². The Morgan fingerprint density at radius 2 is 1.86 bits per heavy atom. The molecule has 28 heavy (non-hydrogen) atoms. The molecular formula is C21H23N3O3S. The number of likely N-dealkylation sites (tertiary alicyclic amines) is 1. The third kappa shape index (κ3) is 3.30. The zero-order chi connectivity index (χ0) is 19.8. The van der Waals surface area contributed by atoms with Crippen molar-refractivity contribution in [3.8, 4) is 5.69 Å². The molecule has 1 saturated heterocycles. The monoisotopic (exact) mass is 397 g/mol. The minimum Gasteiger partial charge on any atom is -0.448 e. The predicted octanol–water partition coefficient (Wildman–Crippen LogP) is 3.87. The number of fused-ring (bicyclic) bond motifs is 1. The summed E-state index contributed by atoms with van der Waals surface area (Å²) in [5.74, 6) is -0.608. The quantitative estimate of drug-likeness (QED) is 0.627. The number of esters is 1. The first-order valence-electron chi connectivity index (χ1n) is 9.49. The van der Waals surface area contributed by atoms with Gasteiger partial charge in [-0.25, -0.2) is 9.78 Å². The normalized spacial score (nSPS) is 15.2. The molecule has 1 atom stereocenters. The number of carbonyl (C=O) groups excluding carboxylic acids is 2. The van der Waals surface area contributed by atoms with Crippen molar-refractivity contribution in [1.82, 2.24) is 14.5 Å². The van der Waals surface area contributed by atoms with E-state index in [2.05, 4.69) is 4.98 Å². The number of rotatable bonds is 4. The lowest BCUT2D eigenvalue weighted by Crippen LogP contribution is -2.38. The summed E-state index contributed by atoms with van der Waals surface area (Å²) in [6, 6.07) is 5.83. The number of aromatic nitrogens is 2. The van der Waals surface area contributed by atoms with Gasteiger partial charge in [0.15, 0.2) is 6.10 Å². The average molecular weight is 398 g/mol. The summed E-state index contributed by atoms with van der Waals surface area (Å²) in [6.07, 6.45) is 5.01. The Morgan fingerprint density at radius 3 is 2.54 bits per heavy atom. The molecule has 0 N–H and O–H groups in total. The molecule has 1 aliphatic rings. The van der Waals surface area contributed by atoms with Crippen LogP contribution in [0.1, 0.15) is 40.7 Å². The highest BCUT2D eigenvalue weighted by atomic mass is 32.1. The highest BCUT2D eigenvalue weighted by molar-refractivity contribution is 7.21. The molecule has 146 valence electrons. The third-order valence-electron chi connectivity index (χ3n) is 5.06. The van der Waals surface area contributed by atoms with E-state index in [0.29, 0.717) is 4.88 Å². The standard InChI is InChI=1S/C21H23N3O3S/c1-13-12-14(2)22-19-16(13)17(23-8-4-5-9-23)18(28-19)21(26)27-15(3)20(25)24-10-6-7-11-24/h4-5,8-9,12,15H,6-7,10-11H2,1-3H3. The number of pyridine rings is 1. The molecule has 1 fully saturated rings. The molecule has 7 heteroatoms. The Bertz CT molecular complexity index is 1030. The number of nitrogens with zero attached hydrogens (tertiary/aromatic N) is 3. The van der Waals surface area contributed by atoms with Crippen molar-refractivity contribution in [3.63, 3.8) is 0 Å². The molecule has 1 aliphatic heterocycles. The maximum absolute atomic E-state index is 13.0. The summed E-state index contributed by atoms with van der Waals surface area (Å²) in [7, 11) is 0. The molecule has 0 radical (unpaired) electrons. The van der Waals surface area contributed by atoms with Gasteiger partial charge in [0.1, 0.15) is 9.71 Å². The van der Waals surface area contributed by atoms with Crippen LogP contribution >= 0.6 is 11.3 Å². The summed E-state index contributed by atoms with van der Waals surface area (Å²) in [5, 5.41) is 0.942. The second-order valence-electron chi connectivity index (χ2n) is 7.21. The fourth-order valence-electron chi connectivity index (χ4n) is 3.75. The molecule has 3 aromatic rings. The van der Waals surface area contributed by atoms with Gasteiger partial charge in [0, 0.05) is 36.6 Å². The summed E-state index contributed by atoms with van der Waals surface area (Å²) in [5.41, 5.74) is 2.73. The van der Waals surface area contributed by atoms with Gasteiger partial charge in [0.2, 0.25) is 0 Å². The zero-order valence-corrected chi connectivity index (χ0v) is 17.1. The number of carbonyl (C=O) groups is 2. The van der Waals surface area contributed by atoms with E-state index in [1.165, 1.54) is 11.3 Å². The molecule has 0 saturated carbocycles. The van der Waals surface area contributed by atoms with E-state index in [9.17, 15) is 9.59 Å². The van der Waals surface area contributed by atoms with E-state index in [0.717, 1.165) is 53.1 Å². The molecule has 1 amide bonds. The van der Waals surface area contributed by atoms with Crippen LogP contribution < -0.4 is 0 Å². The van der Waals surface area contributed by atoms with Gasteiger partial charge in [-0.15, -0.1) is 11.3 Å². The number of thiophene rings is 1. The maximum atomic E-state index is 13.0. The molecule has 4 heterocycles. The van der Waals surface area contributed by atoms with E-state index in [1.807, 2.05) is 49.0 Å². The van der Waals surface area contributed by atoms with Crippen LogP contribution in [0.5, 0.6) is 0 Å². The number of hydrogen-bond donors (Lipinski definition) is 0. The number of amides is 1. The number of hydrogen-bond acceptors (Lipinski definition) is 5. The molecule has 0 bridgehead atoms. The molecule has 4 rings (SSSR count). The Kier molecular flexibility index (Phi) is 4.93. The Hall–Kier alpha value is -2.67. The lowest BCUT2D eigenvalue weighted by Gasteiger charge is -2.20. The topological polar surface area (TPSA) is 64.4 Å². The van der Waals surface area contributed by atoms with E-state index in [1.54, 1.807) is 11.8 Å². The van der Waals surface area contributed by atoms with Crippen molar-refractivity contribution < 1.29 is 14.3 Å². The SMILES string of the molecule is Cc1cc(C)c2c(-n3cccc3)c(C(=O)OC(C)C(=O)N3CCCC3)sc2n1. The van der Waals surface area contributed by atoms with Crippen LogP contribution in [0.2, 0.25) is 0 Å². The van der Waals surface area contributed by atoms with Gasteiger partial charge >= 0.3 is 5.97 Å². The van der Waals surface area contributed by atoms with Crippen LogP contribution in [0.25, 0.3) is 15.9 Å². The minimum atomic E-state index is -0.802. The fourth-order valence-corrected chi connectivity index (χ4v) is 4.93. The lowest BCUT2D eigenvalue weighted by atomic mass is 10.1. The van der Waals surface area contributed by atoms with Crippen molar-refractivity contribution in [2.24, 2.45) is 0 Å². The number of ether oxygens (including phenoxy) is 1. The van der Waals surface area contributed by atoms with Crippen LogP contribution in [0.15, 0.2) is 30.6 Å². The first-order chi connectivity index (χ1) is 13.5. The van der Waals surface area contributed by atoms with Gasteiger partial charge in [-0.2, -0.15) is 0 Å². The smallest absolute Gasteiger partial charge is 0.351 e. The van der Waals surface area contributed by atoms with Crippen LogP contribution in [-0.4, -0.2) is 45.5 Å². The van der Waals surface area contributed by atoms with Crippen LogP contribution in [0, 0.1) is 13.8 Å². The maximum Gasteiger partial charge on any atom is 0.351 e. The molecule has 0 aromatic carbocycles. The predicted molar refractivity (Wildman–Crippen MR) is 109 cm³/mol. The van der Waals surface area contributed by atoms with E-state index < -0.39 is 12.1 Å². The Morgan fingerprint density at radius 1 is 1.18 bits per heavy atom. The van der Waals surface area contributed by atoms with Gasteiger partial charge in [-0.1, -0.05) is 0 Å².